The number of aryl methyl sites for hydroxylation is 1. The van der Waals surface area contributed by atoms with E-state index in [2.05, 4.69) is 21.1 Å². The SMILES string of the molecule is COC[C@@H](C(=O)NCc1cccc2[nH]ccc12)C(CC(=O)NOC(C)(C)C)(NC(=O)CCc1ccccc1)C(N)=O. The molecule has 0 saturated heterocycles. The number of hydroxylamine groups is 1. The number of nitrogens with two attached hydrogens (primary N) is 1. The number of rotatable bonds is 14. The van der Waals surface area contributed by atoms with E-state index in [4.69, 9.17) is 15.3 Å². The average Bonchev–Trinajstić information content (AvgIpc) is 3.42. The van der Waals surface area contributed by atoms with Crippen LogP contribution in [0.4, 0.5) is 0 Å². The Morgan fingerprint density at radius 1 is 0.976 bits per heavy atom. The molecule has 41 heavy (non-hydrogen) atoms. The Kier molecular flexibility index (Phi) is 10.6. The maximum atomic E-state index is 13.7. The van der Waals surface area contributed by atoms with Crippen molar-refractivity contribution in [2.45, 2.75) is 57.7 Å². The van der Waals surface area contributed by atoms with Crippen molar-refractivity contribution >= 4 is 34.5 Å². The molecule has 4 amide bonds. The number of carbonyl (C=O) groups is 4. The number of aromatic nitrogens is 1. The smallest absolute Gasteiger partial charge is 0.246 e. The van der Waals surface area contributed by atoms with Gasteiger partial charge in [0.1, 0.15) is 5.54 Å². The zero-order valence-electron chi connectivity index (χ0n) is 23.9. The summed E-state index contributed by atoms with van der Waals surface area (Å²) >= 11 is 0. The van der Waals surface area contributed by atoms with Gasteiger partial charge in [-0.25, -0.2) is 5.48 Å². The summed E-state index contributed by atoms with van der Waals surface area (Å²) in [6, 6.07) is 16.8. The molecule has 0 aliphatic carbocycles. The molecule has 0 fully saturated rings. The van der Waals surface area contributed by atoms with Gasteiger partial charge in [0.15, 0.2) is 0 Å². The molecule has 1 aromatic heterocycles. The second kappa shape index (κ2) is 13.9. The van der Waals surface area contributed by atoms with Crippen molar-refractivity contribution in [3.8, 4) is 0 Å². The number of aromatic amines is 1. The van der Waals surface area contributed by atoms with Crippen molar-refractivity contribution < 1.29 is 28.8 Å². The van der Waals surface area contributed by atoms with Gasteiger partial charge < -0.3 is 26.1 Å². The van der Waals surface area contributed by atoms with Crippen molar-refractivity contribution in [2.75, 3.05) is 13.7 Å². The molecule has 3 aromatic rings. The number of fused-ring (bicyclic) bond motifs is 1. The van der Waals surface area contributed by atoms with Gasteiger partial charge in [0.2, 0.25) is 23.6 Å². The normalized spacial score (nSPS) is 13.7. The highest BCUT2D eigenvalue weighted by molar-refractivity contribution is 6.00. The summed E-state index contributed by atoms with van der Waals surface area (Å²) in [6.45, 7) is 5.02. The third kappa shape index (κ3) is 8.63. The molecule has 0 aliphatic heterocycles. The Morgan fingerprint density at radius 2 is 1.71 bits per heavy atom. The van der Waals surface area contributed by atoms with E-state index in [0.29, 0.717) is 6.42 Å². The minimum atomic E-state index is -2.11. The molecule has 0 saturated carbocycles. The fourth-order valence-electron chi connectivity index (χ4n) is 4.51. The number of benzene rings is 2. The molecule has 2 aromatic carbocycles. The monoisotopic (exact) mass is 565 g/mol. The van der Waals surface area contributed by atoms with Gasteiger partial charge in [0.25, 0.3) is 0 Å². The van der Waals surface area contributed by atoms with Crippen molar-refractivity contribution in [1.82, 2.24) is 21.1 Å². The molecule has 6 N–H and O–H groups in total. The number of methoxy groups -OCH3 is 1. The Hall–Kier alpha value is -4.22. The van der Waals surface area contributed by atoms with Crippen LogP contribution >= 0.6 is 0 Å². The molecule has 220 valence electrons. The molecule has 11 heteroatoms. The van der Waals surface area contributed by atoms with Gasteiger partial charge >= 0.3 is 0 Å². The fourth-order valence-corrected chi connectivity index (χ4v) is 4.51. The number of ether oxygens (including phenoxy) is 1. The third-order valence-electron chi connectivity index (χ3n) is 6.58. The Bertz CT molecular complexity index is 1350. The van der Waals surface area contributed by atoms with Crippen molar-refractivity contribution in [2.24, 2.45) is 11.7 Å². The number of hydrogen-bond donors (Lipinski definition) is 5. The standard InChI is InChI=1S/C30H39N5O6/c1-29(2,3)41-35-26(37)17-30(28(31)39,34-25(36)14-13-20-9-6-5-7-10-20)23(19-40-4)27(38)33-18-21-11-8-12-24-22(21)15-16-32-24/h5-12,15-16,23,32H,13-14,17-19H2,1-4H3,(H2,31,39)(H,33,38)(H,34,36)(H,35,37)/t23-,30?/m0/s1. The Morgan fingerprint density at radius 3 is 2.37 bits per heavy atom. The summed E-state index contributed by atoms with van der Waals surface area (Å²) in [7, 11) is 1.35. The Labute approximate surface area is 239 Å². The molecule has 1 unspecified atom stereocenters. The highest BCUT2D eigenvalue weighted by atomic mass is 16.7. The second-order valence-electron chi connectivity index (χ2n) is 10.9. The number of nitrogens with one attached hydrogen (secondary N) is 4. The number of carbonyl (C=O) groups excluding carboxylic acids is 4. The fraction of sp³-hybridized carbons (Fsp3) is 0.400. The van der Waals surface area contributed by atoms with Gasteiger partial charge in [0, 0.05) is 37.2 Å². The summed E-state index contributed by atoms with van der Waals surface area (Å²) in [5.41, 5.74) is 7.99. The van der Waals surface area contributed by atoms with E-state index in [9.17, 15) is 19.2 Å². The minimum absolute atomic E-state index is 0.00401. The van der Waals surface area contributed by atoms with Crippen LogP contribution in [0, 0.1) is 5.92 Å². The molecule has 0 radical (unpaired) electrons. The van der Waals surface area contributed by atoms with Crippen molar-refractivity contribution in [3.63, 3.8) is 0 Å². The maximum Gasteiger partial charge on any atom is 0.246 e. The van der Waals surface area contributed by atoms with Crippen LogP contribution < -0.4 is 21.8 Å². The van der Waals surface area contributed by atoms with Crippen molar-refractivity contribution in [3.05, 3.63) is 71.9 Å². The molecule has 0 aliphatic rings. The number of amides is 4. The van der Waals surface area contributed by atoms with Crippen molar-refractivity contribution in [1.29, 1.82) is 0 Å². The topological polar surface area (TPSA) is 165 Å². The van der Waals surface area contributed by atoms with Crippen LogP contribution in [0.3, 0.4) is 0 Å². The zero-order valence-corrected chi connectivity index (χ0v) is 23.9. The number of H-pyrrole nitrogens is 1. The lowest BCUT2D eigenvalue weighted by Gasteiger charge is -2.37. The van der Waals surface area contributed by atoms with Crippen LogP contribution in [-0.4, -0.2) is 53.5 Å². The number of primary amides is 1. The predicted octanol–water partition coefficient (Wildman–Crippen LogP) is 2.26. The van der Waals surface area contributed by atoms with E-state index in [1.54, 1.807) is 27.0 Å². The van der Waals surface area contributed by atoms with Crippen LogP contribution in [0.25, 0.3) is 10.9 Å². The van der Waals surface area contributed by atoms with E-state index in [0.717, 1.165) is 22.0 Å². The summed E-state index contributed by atoms with van der Waals surface area (Å²) in [4.78, 5) is 61.5. The Balaban J connectivity index is 1.89. The maximum absolute atomic E-state index is 13.7. The molecular formula is C30H39N5O6. The van der Waals surface area contributed by atoms with Crippen LogP contribution in [0.15, 0.2) is 60.8 Å². The molecule has 2 atom stereocenters. The first kappa shape index (κ1) is 31.3. The van der Waals surface area contributed by atoms with Gasteiger partial charge in [-0.3, -0.25) is 24.0 Å². The van der Waals surface area contributed by atoms with E-state index < -0.39 is 47.1 Å². The third-order valence-corrected chi connectivity index (χ3v) is 6.58. The quantitative estimate of drug-likeness (QED) is 0.188. The molecule has 1 heterocycles. The van der Waals surface area contributed by atoms with E-state index >= 15 is 0 Å². The van der Waals surface area contributed by atoms with Gasteiger partial charge in [-0.2, -0.15) is 0 Å². The molecule has 0 bridgehead atoms. The summed E-state index contributed by atoms with van der Waals surface area (Å²) in [5, 5.41) is 6.40. The summed E-state index contributed by atoms with van der Waals surface area (Å²) in [5.74, 6) is -4.31. The summed E-state index contributed by atoms with van der Waals surface area (Å²) in [6.07, 6.45) is 1.52. The molecule has 3 rings (SSSR count). The van der Waals surface area contributed by atoms with E-state index in [1.807, 2.05) is 54.6 Å². The van der Waals surface area contributed by atoms with Crippen LogP contribution in [0.5, 0.6) is 0 Å². The molecule has 0 spiro atoms. The van der Waals surface area contributed by atoms with Gasteiger partial charge in [-0.1, -0.05) is 42.5 Å². The lowest BCUT2D eigenvalue weighted by atomic mass is 9.79. The predicted molar refractivity (Wildman–Crippen MR) is 154 cm³/mol. The van der Waals surface area contributed by atoms with Gasteiger partial charge in [0.05, 0.1) is 24.5 Å². The molecular weight excluding hydrogens is 526 g/mol. The lowest BCUT2D eigenvalue weighted by Crippen LogP contribution is -2.67. The minimum Gasteiger partial charge on any atom is -0.384 e. The second-order valence-corrected chi connectivity index (χ2v) is 10.9. The first-order valence-electron chi connectivity index (χ1n) is 13.4. The lowest BCUT2D eigenvalue weighted by molar-refractivity contribution is -0.153. The highest BCUT2D eigenvalue weighted by Crippen LogP contribution is 2.25. The van der Waals surface area contributed by atoms with Gasteiger partial charge in [-0.05, 0) is 50.5 Å². The van der Waals surface area contributed by atoms with Crippen LogP contribution in [0.2, 0.25) is 0 Å². The van der Waals surface area contributed by atoms with Crippen LogP contribution in [0.1, 0.15) is 44.7 Å². The van der Waals surface area contributed by atoms with Crippen LogP contribution in [-0.2, 0) is 41.7 Å². The first-order valence-corrected chi connectivity index (χ1v) is 13.4. The zero-order chi connectivity index (χ0) is 30.0. The largest absolute Gasteiger partial charge is 0.384 e. The number of hydrogen-bond acceptors (Lipinski definition) is 6. The average molecular weight is 566 g/mol. The van der Waals surface area contributed by atoms with E-state index in [1.165, 1.54) is 7.11 Å². The highest BCUT2D eigenvalue weighted by Gasteiger charge is 2.51. The molecule has 11 nitrogen and oxygen atoms in total. The van der Waals surface area contributed by atoms with E-state index in [-0.39, 0.29) is 19.6 Å². The van der Waals surface area contributed by atoms with Gasteiger partial charge in [-0.15, -0.1) is 0 Å². The first-order chi connectivity index (χ1) is 19.4. The summed E-state index contributed by atoms with van der Waals surface area (Å²) < 4.78 is 5.31.